The van der Waals surface area contributed by atoms with Crippen LogP contribution in [0.4, 0.5) is 10.5 Å². The van der Waals surface area contributed by atoms with Crippen LogP contribution in [0, 0.1) is 0 Å². The maximum atomic E-state index is 11.3. The molecule has 1 aromatic rings. The van der Waals surface area contributed by atoms with Crippen molar-refractivity contribution in [1.82, 2.24) is 10.2 Å². The number of phenols is 1. The van der Waals surface area contributed by atoms with Crippen LogP contribution in [0.3, 0.4) is 0 Å². The molecule has 114 valence electrons. The minimum atomic E-state index is -0.815. The number of nitrogens with one attached hydrogen (secondary N) is 1. The Balaban J connectivity index is 1.77. The van der Waals surface area contributed by atoms with E-state index in [0.717, 1.165) is 31.9 Å². The third-order valence-electron chi connectivity index (χ3n) is 3.51. The highest BCUT2D eigenvalue weighted by molar-refractivity contribution is 5.93. The van der Waals surface area contributed by atoms with E-state index >= 15 is 0 Å². The first kappa shape index (κ1) is 15.1. The van der Waals surface area contributed by atoms with Gasteiger partial charge >= 0.3 is 6.03 Å². The molecule has 2 rings (SSSR count). The van der Waals surface area contributed by atoms with Crippen molar-refractivity contribution >= 4 is 17.6 Å². The highest BCUT2D eigenvalue weighted by Gasteiger charge is 2.19. The Hall–Kier alpha value is -2.28. The van der Waals surface area contributed by atoms with Gasteiger partial charge in [0.1, 0.15) is 5.75 Å². The number of phenolic OH excluding ortho intramolecular Hbond substituents is 1. The Morgan fingerprint density at radius 3 is 2.48 bits per heavy atom. The van der Waals surface area contributed by atoms with Gasteiger partial charge in [-0.3, -0.25) is 15.0 Å². The molecule has 21 heavy (non-hydrogen) atoms. The fourth-order valence-corrected chi connectivity index (χ4v) is 2.40. The number of carbonyl (C=O) groups excluding carboxylic acids is 2. The van der Waals surface area contributed by atoms with Gasteiger partial charge in [0.05, 0.1) is 5.69 Å². The SMILES string of the molecule is NC(=O)NC(=O)CCN1CCN(c2ccccc2O)CC1. The van der Waals surface area contributed by atoms with Crippen molar-refractivity contribution in [3.05, 3.63) is 24.3 Å². The molecule has 1 saturated heterocycles. The van der Waals surface area contributed by atoms with E-state index in [9.17, 15) is 14.7 Å². The van der Waals surface area contributed by atoms with E-state index in [4.69, 9.17) is 5.73 Å². The molecule has 1 fully saturated rings. The van der Waals surface area contributed by atoms with Crippen LogP contribution in [0.15, 0.2) is 24.3 Å². The number of rotatable bonds is 4. The topological polar surface area (TPSA) is 98.9 Å². The molecule has 7 nitrogen and oxygen atoms in total. The molecule has 0 atom stereocenters. The fraction of sp³-hybridized carbons (Fsp3) is 0.429. The lowest BCUT2D eigenvalue weighted by Gasteiger charge is -2.36. The highest BCUT2D eigenvalue weighted by Crippen LogP contribution is 2.27. The lowest BCUT2D eigenvalue weighted by Crippen LogP contribution is -2.47. The molecule has 0 aliphatic carbocycles. The Bertz CT molecular complexity index is 513. The number of hydrogen-bond acceptors (Lipinski definition) is 5. The molecule has 0 aromatic heterocycles. The van der Waals surface area contributed by atoms with Crippen LogP contribution in [-0.4, -0.2) is 54.7 Å². The maximum Gasteiger partial charge on any atom is 0.318 e. The van der Waals surface area contributed by atoms with Gasteiger partial charge in [0.25, 0.3) is 0 Å². The van der Waals surface area contributed by atoms with Gasteiger partial charge in [0, 0.05) is 39.1 Å². The minimum Gasteiger partial charge on any atom is -0.506 e. The van der Waals surface area contributed by atoms with E-state index in [1.54, 1.807) is 12.1 Å². The van der Waals surface area contributed by atoms with E-state index in [1.165, 1.54) is 0 Å². The van der Waals surface area contributed by atoms with Gasteiger partial charge in [-0.1, -0.05) is 12.1 Å². The van der Waals surface area contributed by atoms with Gasteiger partial charge in [-0.2, -0.15) is 0 Å². The largest absolute Gasteiger partial charge is 0.506 e. The summed E-state index contributed by atoms with van der Waals surface area (Å²) in [5.41, 5.74) is 5.72. The van der Waals surface area contributed by atoms with Crippen molar-refractivity contribution in [3.63, 3.8) is 0 Å². The molecule has 1 aromatic carbocycles. The first-order valence-corrected chi connectivity index (χ1v) is 6.91. The summed E-state index contributed by atoms with van der Waals surface area (Å²) in [5.74, 6) is -0.0718. The molecule has 0 unspecified atom stereocenters. The van der Waals surface area contributed by atoms with Gasteiger partial charge < -0.3 is 15.7 Å². The monoisotopic (exact) mass is 292 g/mol. The predicted octanol–water partition coefficient (Wildman–Crippen LogP) is 0.0992. The number of primary amides is 1. The number of nitrogens with zero attached hydrogens (tertiary/aromatic N) is 2. The molecule has 1 heterocycles. The van der Waals surface area contributed by atoms with E-state index in [-0.39, 0.29) is 18.1 Å². The second-order valence-electron chi connectivity index (χ2n) is 4.98. The summed E-state index contributed by atoms with van der Waals surface area (Å²) in [6.07, 6.45) is 0.250. The number of carbonyl (C=O) groups is 2. The summed E-state index contributed by atoms with van der Waals surface area (Å²) in [6, 6.07) is 6.45. The number of urea groups is 1. The molecule has 1 aliphatic rings. The quantitative estimate of drug-likeness (QED) is 0.731. The number of amides is 3. The summed E-state index contributed by atoms with van der Waals surface area (Å²) in [6.45, 7) is 3.77. The first-order valence-electron chi connectivity index (χ1n) is 6.91. The Morgan fingerprint density at radius 2 is 1.86 bits per heavy atom. The second kappa shape index (κ2) is 6.94. The Morgan fingerprint density at radius 1 is 1.19 bits per heavy atom. The zero-order valence-electron chi connectivity index (χ0n) is 11.8. The Kier molecular flexibility index (Phi) is 4.99. The van der Waals surface area contributed by atoms with Crippen LogP contribution in [0.1, 0.15) is 6.42 Å². The summed E-state index contributed by atoms with van der Waals surface area (Å²) >= 11 is 0. The van der Waals surface area contributed by atoms with Crippen molar-refractivity contribution in [2.45, 2.75) is 6.42 Å². The highest BCUT2D eigenvalue weighted by atomic mass is 16.3. The van der Waals surface area contributed by atoms with Gasteiger partial charge in [0.2, 0.25) is 5.91 Å². The molecule has 3 amide bonds. The number of anilines is 1. The van der Waals surface area contributed by atoms with Crippen molar-refractivity contribution in [1.29, 1.82) is 0 Å². The van der Waals surface area contributed by atoms with Crippen LogP contribution in [0.2, 0.25) is 0 Å². The van der Waals surface area contributed by atoms with Crippen molar-refractivity contribution < 1.29 is 14.7 Å². The normalized spacial score (nSPS) is 15.7. The van der Waals surface area contributed by atoms with Gasteiger partial charge in [-0.05, 0) is 12.1 Å². The van der Waals surface area contributed by atoms with E-state index in [0.29, 0.717) is 6.54 Å². The molecular formula is C14H20N4O3. The third-order valence-corrected chi connectivity index (χ3v) is 3.51. The van der Waals surface area contributed by atoms with E-state index in [1.807, 2.05) is 12.1 Å². The zero-order chi connectivity index (χ0) is 15.2. The number of benzene rings is 1. The zero-order valence-corrected chi connectivity index (χ0v) is 11.8. The molecule has 0 radical (unpaired) electrons. The number of aromatic hydroxyl groups is 1. The predicted molar refractivity (Wildman–Crippen MR) is 79.1 cm³/mol. The molecule has 4 N–H and O–H groups in total. The summed E-state index contributed by atoms with van der Waals surface area (Å²) < 4.78 is 0. The average molecular weight is 292 g/mol. The number of para-hydroxylation sites is 2. The number of imide groups is 1. The van der Waals surface area contributed by atoms with Crippen LogP contribution < -0.4 is 16.0 Å². The maximum absolute atomic E-state index is 11.3. The molecule has 1 aliphatic heterocycles. The van der Waals surface area contributed by atoms with Crippen molar-refractivity contribution in [2.24, 2.45) is 5.73 Å². The number of nitrogens with two attached hydrogens (primary N) is 1. The summed E-state index contributed by atoms with van der Waals surface area (Å²) in [5, 5.41) is 11.9. The molecule has 7 heteroatoms. The van der Waals surface area contributed by atoms with Crippen LogP contribution in [0.25, 0.3) is 0 Å². The number of piperazine rings is 1. The molecule has 0 saturated carbocycles. The molecule has 0 spiro atoms. The van der Waals surface area contributed by atoms with Gasteiger partial charge in [-0.25, -0.2) is 4.79 Å². The van der Waals surface area contributed by atoms with E-state index < -0.39 is 6.03 Å². The third kappa shape index (κ3) is 4.35. The fourth-order valence-electron chi connectivity index (χ4n) is 2.40. The summed E-state index contributed by atoms with van der Waals surface area (Å²) in [4.78, 5) is 26.2. The van der Waals surface area contributed by atoms with Crippen LogP contribution >= 0.6 is 0 Å². The van der Waals surface area contributed by atoms with Gasteiger partial charge in [0.15, 0.2) is 0 Å². The van der Waals surface area contributed by atoms with E-state index in [2.05, 4.69) is 15.1 Å². The first-order chi connectivity index (χ1) is 10.1. The van der Waals surface area contributed by atoms with Crippen molar-refractivity contribution in [2.75, 3.05) is 37.6 Å². The second-order valence-corrected chi connectivity index (χ2v) is 4.98. The standard InChI is InChI=1S/C14H20N4O3/c15-14(21)16-13(20)5-6-17-7-9-18(10-8-17)11-3-1-2-4-12(11)19/h1-4,19H,5-10H2,(H3,15,16,20,21). The average Bonchev–Trinajstić information content (AvgIpc) is 2.46. The van der Waals surface area contributed by atoms with Crippen molar-refractivity contribution in [3.8, 4) is 5.75 Å². The number of hydrogen-bond donors (Lipinski definition) is 3. The molecule has 0 bridgehead atoms. The van der Waals surface area contributed by atoms with Crippen LogP contribution in [0.5, 0.6) is 5.75 Å². The smallest absolute Gasteiger partial charge is 0.318 e. The molecular weight excluding hydrogens is 272 g/mol. The van der Waals surface area contributed by atoms with Crippen LogP contribution in [-0.2, 0) is 4.79 Å². The minimum absolute atomic E-state index is 0.250. The summed E-state index contributed by atoms with van der Waals surface area (Å²) in [7, 11) is 0. The lowest BCUT2D eigenvalue weighted by molar-refractivity contribution is -0.120. The Labute approximate surface area is 123 Å². The lowest BCUT2D eigenvalue weighted by atomic mass is 10.2. The van der Waals surface area contributed by atoms with Gasteiger partial charge in [-0.15, -0.1) is 0 Å².